The van der Waals surface area contributed by atoms with Crippen LogP contribution in [0.25, 0.3) is 0 Å². The van der Waals surface area contributed by atoms with Gasteiger partial charge in [0.1, 0.15) is 0 Å². The summed E-state index contributed by atoms with van der Waals surface area (Å²) in [5.41, 5.74) is -0.844. The van der Waals surface area contributed by atoms with Gasteiger partial charge >= 0.3 is 0 Å². The van der Waals surface area contributed by atoms with Crippen molar-refractivity contribution in [1.82, 2.24) is 5.32 Å². The first-order valence-electron chi connectivity index (χ1n) is 4.39. The molecule has 0 radical (unpaired) electrons. The summed E-state index contributed by atoms with van der Waals surface area (Å²) >= 11 is 0. The minimum atomic E-state index is -2.25. The topological polar surface area (TPSA) is 12.0 Å². The summed E-state index contributed by atoms with van der Waals surface area (Å²) in [5.74, 6) is 0. The fourth-order valence-electron chi connectivity index (χ4n) is 2.10. The molecule has 12 heavy (non-hydrogen) atoms. The number of halogens is 2. The molecule has 0 aromatic heterocycles. The van der Waals surface area contributed by atoms with E-state index in [4.69, 9.17) is 0 Å². The molecular weight excluding hydrogens is 160 g/mol. The van der Waals surface area contributed by atoms with E-state index in [1.54, 1.807) is 7.05 Å². The van der Waals surface area contributed by atoms with Crippen molar-refractivity contribution in [2.24, 2.45) is 5.41 Å². The first kappa shape index (κ1) is 9.90. The molecule has 0 spiro atoms. The molecule has 3 heteroatoms. The van der Waals surface area contributed by atoms with Gasteiger partial charge in [-0.15, -0.1) is 0 Å². The van der Waals surface area contributed by atoms with E-state index in [9.17, 15) is 8.78 Å². The van der Waals surface area contributed by atoms with Crippen LogP contribution in [0.3, 0.4) is 0 Å². The van der Waals surface area contributed by atoms with Crippen molar-refractivity contribution in [2.45, 2.75) is 45.1 Å². The molecule has 1 aliphatic rings. The van der Waals surface area contributed by atoms with Gasteiger partial charge in [0.05, 0.1) is 5.54 Å². The van der Waals surface area contributed by atoms with Gasteiger partial charge in [-0.1, -0.05) is 13.8 Å². The van der Waals surface area contributed by atoms with E-state index in [1.165, 1.54) is 0 Å². The third kappa shape index (κ3) is 1.60. The molecule has 0 bridgehead atoms. The van der Waals surface area contributed by atoms with E-state index in [0.29, 0.717) is 12.8 Å². The molecular formula is C9H17F2N. The van der Waals surface area contributed by atoms with E-state index in [1.807, 2.05) is 0 Å². The maximum atomic E-state index is 12.7. The summed E-state index contributed by atoms with van der Waals surface area (Å²) in [5, 5.41) is 2.78. The van der Waals surface area contributed by atoms with Crippen LogP contribution in [0.1, 0.15) is 33.1 Å². The fraction of sp³-hybridized carbons (Fsp3) is 1.00. The lowest BCUT2D eigenvalue weighted by molar-refractivity contribution is 0.0321. The Kier molecular flexibility index (Phi) is 2.43. The summed E-state index contributed by atoms with van der Waals surface area (Å²) in [7, 11) is 1.63. The number of hydrogen-bond acceptors (Lipinski definition) is 1. The van der Waals surface area contributed by atoms with Crippen molar-refractivity contribution in [3.8, 4) is 0 Å². The SMILES string of the molecule is CNC1(C(F)F)CCC(C)(C)C1. The minimum absolute atomic E-state index is 0.0689. The Morgan fingerprint density at radius 3 is 2.00 bits per heavy atom. The third-order valence-corrected chi connectivity index (χ3v) is 2.96. The highest BCUT2D eigenvalue weighted by Crippen LogP contribution is 2.45. The van der Waals surface area contributed by atoms with E-state index < -0.39 is 12.0 Å². The molecule has 1 N–H and O–H groups in total. The summed E-state index contributed by atoms with van der Waals surface area (Å²) in [4.78, 5) is 0. The van der Waals surface area contributed by atoms with Crippen molar-refractivity contribution in [1.29, 1.82) is 0 Å². The zero-order valence-corrected chi connectivity index (χ0v) is 7.95. The molecule has 1 atom stereocenters. The summed E-state index contributed by atoms with van der Waals surface area (Å²) < 4.78 is 25.4. The van der Waals surface area contributed by atoms with Crippen LogP contribution in [0.4, 0.5) is 8.78 Å². The molecule has 1 unspecified atom stereocenters. The van der Waals surface area contributed by atoms with Crippen molar-refractivity contribution in [3.05, 3.63) is 0 Å². The lowest BCUT2D eigenvalue weighted by Crippen LogP contribution is -2.47. The third-order valence-electron chi connectivity index (χ3n) is 2.96. The number of nitrogens with one attached hydrogen (secondary N) is 1. The number of rotatable bonds is 2. The lowest BCUT2D eigenvalue weighted by Gasteiger charge is -2.29. The standard InChI is InChI=1S/C9H17F2N/c1-8(2)4-5-9(6-8,12-3)7(10)11/h7,12H,4-6H2,1-3H3. The Hall–Kier alpha value is -0.180. The Morgan fingerprint density at radius 2 is 1.83 bits per heavy atom. The predicted octanol–water partition coefficient (Wildman–Crippen LogP) is 2.42. The molecule has 1 saturated carbocycles. The molecule has 72 valence electrons. The average Bonchev–Trinajstić information content (AvgIpc) is 2.27. The molecule has 0 aromatic rings. The number of hydrogen-bond donors (Lipinski definition) is 1. The van der Waals surface area contributed by atoms with E-state index in [2.05, 4.69) is 19.2 Å². The van der Waals surface area contributed by atoms with Crippen molar-refractivity contribution in [2.75, 3.05) is 7.05 Å². The van der Waals surface area contributed by atoms with Gasteiger partial charge in [-0.2, -0.15) is 0 Å². The first-order chi connectivity index (χ1) is 5.42. The van der Waals surface area contributed by atoms with Gasteiger partial charge in [0.15, 0.2) is 0 Å². The highest BCUT2D eigenvalue weighted by Gasteiger charge is 2.48. The smallest absolute Gasteiger partial charge is 0.256 e. The molecule has 0 aromatic carbocycles. The van der Waals surface area contributed by atoms with Crippen LogP contribution in [0.5, 0.6) is 0 Å². The molecule has 1 nitrogen and oxygen atoms in total. The van der Waals surface area contributed by atoms with Crippen molar-refractivity contribution < 1.29 is 8.78 Å². The quantitative estimate of drug-likeness (QED) is 0.683. The van der Waals surface area contributed by atoms with Crippen LogP contribution >= 0.6 is 0 Å². The predicted molar refractivity (Wildman–Crippen MR) is 45.4 cm³/mol. The Morgan fingerprint density at radius 1 is 1.25 bits per heavy atom. The Balaban J connectivity index is 2.73. The summed E-state index contributed by atoms with van der Waals surface area (Å²) in [6, 6.07) is 0. The number of alkyl halides is 2. The Labute approximate surface area is 72.5 Å². The first-order valence-corrected chi connectivity index (χ1v) is 4.39. The molecule has 1 rings (SSSR count). The normalized spacial score (nSPS) is 34.5. The summed E-state index contributed by atoms with van der Waals surface area (Å²) in [6.45, 7) is 4.10. The Bertz CT molecular complexity index is 168. The van der Waals surface area contributed by atoms with Crippen LogP contribution in [0.15, 0.2) is 0 Å². The van der Waals surface area contributed by atoms with Gasteiger partial charge in [-0.3, -0.25) is 0 Å². The highest BCUT2D eigenvalue weighted by molar-refractivity contribution is 5.00. The van der Waals surface area contributed by atoms with Crippen LogP contribution in [-0.2, 0) is 0 Å². The zero-order valence-electron chi connectivity index (χ0n) is 7.95. The molecule has 0 amide bonds. The highest BCUT2D eigenvalue weighted by atomic mass is 19.3. The van der Waals surface area contributed by atoms with Crippen LogP contribution in [-0.4, -0.2) is 19.0 Å². The van der Waals surface area contributed by atoms with Gasteiger partial charge in [-0.25, -0.2) is 8.78 Å². The maximum absolute atomic E-state index is 12.7. The van der Waals surface area contributed by atoms with E-state index >= 15 is 0 Å². The van der Waals surface area contributed by atoms with Gasteiger partial charge in [0, 0.05) is 0 Å². The van der Waals surface area contributed by atoms with Gasteiger partial charge in [0.25, 0.3) is 6.43 Å². The second-order valence-electron chi connectivity index (χ2n) is 4.55. The van der Waals surface area contributed by atoms with E-state index in [-0.39, 0.29) is 5.41 Å². The minimum Gasteiger partial charge on any atom is -0.309 e. The van der Waals surface area contributed by atoms with Crippen LogP contribution < -0.4 is 5.32 Å². The second-order valence-corrected chi connectivity index (χ2v) is 4.55. The second kappa shape index (κ2) is 2.95. The van der Waals surface area contributed by atoms with Gasteiger partial charge < -0.3 is 5.32 Å². The zero-order chi connectivity index (χ0) is 9.41. The monoisotopic (exact) mass is 177 g/mol. The summed E-state index contributed by atoms with van der Waals surface area (Å²) in [6.07, 6.45) is -0.190. The fourth-order valence-corrected chi connectivity index (χ4v) is 2.10. The molecule has 1 aliphatic carbocycles. The maximum Gasteiger partial charge on any atom is 0.256 e. The molecule has 0 saturated heterocycles. The van der Waals surface area contributed by atoms with Crippen molar-refractivity contribution >= 4 is 0 Å². The van der Waals surface area contributed by atoms with Crippen molar-refractivity contribution in [3.63, 3.8) is 0 Å². The largest absolute Gasteiger partial charge is 0.309 e. The molecule has 0 aliphatic heterocycles. The van der Waals surface area contributed by atoms with E-state index in [0.717, 1.165) is 6.42 Å². The lowest BCUT2D eigenvalue weighted by atomic mass is 9.88. The van der Waals surface area contributed by atoms with Crippen LogP contribution in [0.2, 0.25) is 0 Å². The van der Waals surface area contributed by atoms with Crippen LogP contribution in [0, 0.1) is 5.41 Å². The molecule has 1 fully saturated rings. The average molecular weight is 177 g/mol. The molecule has 0 heterocycles. The van der Waals surface area contributed by atoms with Gasteiger partial charge in [-0.05, 0) is 31.7 Å². The van der Waals surface area contributed by atoms with Gasteiger partial charge in [0.2, 0.25) is 0 Å².